The molecule has 1 rings (SSSR count). The van der Waals surface area contributed by atoms with Crippen molar-refractivity contribution >= 4 is 17.7 Å². The van der Waals surface area contributed by atoms with Gasteiger partial charge < -0.3 is 14.5 Å². The molecular formula is C12H19NO3S. The summed E-state index contributed by atoms with van der Waals surface area (Å²) in [4.78, 5) is 10.9. The monoisotopic (exact) mass is 257 g/mol. The van der Waals surface area contributed by atoms with E-state index in [0.717, 1.165) is 36.1 Å². The maximum atomic E-state index is 10.9. The van der Waals surface area contributed by atoms with Gasteiger partial charge in [0.1, 0.15) is 11.5 Å². The van der Waals surface area contributed by atoms with Crippen LogP contribution < -0.4 is 5.32 Å². The van der Waals surface area contributed by atoms with Gasteiger partial charge in [-0.2, -0.15) is 11.8 Å². The van der Waals surface area contributed by atoms with Crippen molar-refractivity contribution in [3.05, 3.63) is 23.7 Å². The third-order valence-electron chi connectivity index (χ3n) is 2.19. The summed E-state index contributed by atoms with van der Waals surface area (Å²) in [6, 6.07) is 3.97. The predicted octanol–water partition coefficient (Wildman–Crippen LogP) is 2.19. The molecule has 0 unspecified atom stereocenters. The van der Waals surface area contributed by atoms with Gasteiger partial charge in [-0.05, 0) is 18.7 Å². The average molecular weight is 257 g/mol. The Bertz CT molecular complexity index is 338. The lowest BCUT2D eigenvalue weighted by Gasteiger charge is -1.99. The molecule has 1 heterocycles. The van der Waals surface area contributed by atoms with Gasteiger partial charge in [0.25, 0.3) is 0 Å². The van der Waals surface area contributed by atoms with E-state index in [0.29, 0.717) is 6.42 Å². The van der Waals surface area contributed by atoms with Crippen molar-refractivity contribution in [3.63, 3.8) is 0 Å². The number of esters is 1. The van der Waals surface area contributed by atoms with Gasteiger partial charge in [0.15, 0.2) is 0 Å². The molecule has 1 N–H and O–H groups in total. The number of carbonyl (C=O) groups is 1. The van der Waals surface area contributed by atoms with Gasteiger partial charge in [-0.15, -0.1) is 0 Å². The number of hydrogen-bond donors (Lipinski definition) is 1. The zero-order chi connectivity index (χ0) is 12.5. The number of furan rings is 1. The minimum Gasteiger partial charge on any atom is -0.469 e. The summed E-state index contributed by atoms with van der Waals surface area (Å²) in [5.41, 5.74) is 0. The van der Waals surface area contributed by atoms with E-state index in [2.05, 4.69) is 17.0 Å². The fourth-order valence-electron chi connectivity index (χ4n) is 1.27. The van der Waals surface area contributed by atoms with Crippen molar-refractivity contribution in [1.29, 1.82) is 0 Å². The van der Waals surface area contributed by atoms with Crippen LogP contribution in [0.2, 0.25) is 0 Å². The van der Waals surface area contributed by atoms with Crippen LogP contribution in [-0.2, 0) is 21.8 Å². The van der Waals surface area contributed by atoms with Gasteiger partial charge in [-0.25, -0.2) is 0 Å². The lowest BCUT2D eigenvalue weighted by Crippen LogP contribution is -2.10. The summed E-state index contributed by atoms with van der Waals surface area (Å²) in [5, 5.41) is 3.21. The van der Waals surface area contributed by atoms with Crippen LogP contribution in [0.5, 0.6) is 0 Å². The highest BCUT2D eigenvalue weighted by Crippen LogP contribution is 2.16. The third kappa shape index (κ3) is 5.79. The van der Waals surface area contributed by atoms with E-state index in [9.17, 15) is 4.79 Å². The van der Waals surface area contributed by atoms with E-state index < -0.39 is 0 Å². The van der Waals surface area contributed by atoms with E-state index in [-0.39, 0.29) is 5.97 Å². The van der Waals surface area contributed by atoms with E-state index in [4.69, 9.17) is 4.42 Å². The van der Waals surface area contributed by atoms with Crippen LogP contribution in [0.15, 0.2) is 16.5 Å². The van der Waals surface area contributed by atoms with Crippen LogP contribution in [0.4, 0.5) is 0 Å². The van der Waals surface area contributed by atoms with Gasteiger partial charge in [0, 0.05) is 5.75 Å². The highest BCUT2D eigenvalue weighted by Gasteiger charge is 2.03. The molecule has 0 atom stereocenters. The number of rotatable bonds is 8. The number of carbonyl (C=O) groups excluding carboxylic acids is 1. The first-order valence-corrected chi connectivity index (χ1v) is 6.84. The molecule has 1 aromatic heterocycles. The van der Waals surface area contributed by atoms with Crippen molar-refractivity contribution in [2.75, 3.05) is 19.4 Å². The Hall–Kier alpha value is -0.940. The van der Waals surface area contributed by atoms with Gasteiger partial charge in [0.05, 0.1) is 25.8 Å². The molecule has 5 heteroatoms. The maximum absolute atomic E-state index is 10.9. The average Bonchev–Trinajstić information content (AvgIpc) is 2.79. The van der Waals surface area contributed by atoms with Crippen LogP contribution in [0.1, 0.15) is 24.9 Å². The molecule has 4 nitrogen and oxygen atoms in total. The van der Waals surface area contributed by atoms with Crippen molar-refractivity contribution in [2.45, 2.75) is 25.6 Å². The zero-order valence-electron chi connectivity index (χ0n) is 10.3. The quantitative estimate of drug-likeness (QED) is 0.571. The van der Waals surface area contributed by atoms with Crippen LogP contribution in [-0.4, -0.2) is 25.4 Å². The minimum atomic E-state index is -0.162. The Morgan fingerprint density at radius 1 is 1.47 bits per heavy atom. The number of nitrogens with one attached hydrogen (secondary N) is 1. The molecule has 0 aliphatic carbocycles. The third-order valence-corrected chi connectivity index (χ3v) is 3.17. The van der Waals surface area contributed by atoms with E-state index in [1.165, 1.54) is 7.11 Å². The van der Waals surface area contributed by atoms with Gasteiger partial charge >= 0.3 is 5.97 Å². The Morgan fingerprint density at radius 3 is 2.94 bits per heavy atom. The predicted molar refractivity (Wildman–Crippen MR) is 68.9 cm³/mol. The molecule has 0 fully saturated rings. The van der Waals surface area contributed by atoms with E-state index in [1.54, 1.807) is 11.8 Å². The van der Waals surface area contributed by atoms with Crippen molar-refractivity contribution in [1.82, 2.24) is 5.32 Å². The second-order valence-corrected chi connectivity index (χ2v) is 4.63. The lowest BCUT2D eigenvalue weighted by molar-refractivity contribution is -0.140. The number of thioether (sulfide) groups is 1. The summed E-state index contributed by atoms with van der Waals surface area (Å²) in [5.74, 6) is 3.30. The summed E-state index contributed by atoms with van der Waals surface area (Å²) in [6.07, 6.45) is 0.451. The second kappa shape index (κ2) is 8.20. The zero-order valence-corrected chi connectivity index (χ0v) is 11.1. The van der Waals surface area contributed by atoms with Crippen molar-refractivity contribution in [2.24, 2.45) is 0 Å². The van der Waals surface area contributed by atoms with Crippen LogP contribution in [0.25, 0.3) is 0 Å². The van der Waals surface area contributed by atoms with E-state index in [1.807, 2.05) is 12.1 Å². The molecule has 0 bridgehead atoms. The Kier molecular flexibility index (Phi) is 6.81. The normalized spacial score (nSPS) is 10.5. The number of hydrogen-bond acceptors (Lipinski definition) is 5. The van der Waals surface area contributed by atoms with Crippen molar-refractivity contribution in [3.8, 4) is 0 Å². The SMILES string of the molecule is CCNCc1ccc(CSCCC(=O)OC)o1. The number of ether oxygens (including phenoxy) is 1. The molecule has 0 amide bonds. The molecule has 0 aromatic carbocycles. The molecule has 17 heavy (non-hydrogen) atoms. The Morgan fingerprint density at radius 2 is 2.24 bits per heavy atom. The molecule has 0 spiro atoms. The maximum Gasteiger partial charge on any atom is 0.306 e. The van der Waals surface area contributed by atoms with Crippen LogP contribution in [0.3, 0.4) is 0 Å². The Labute approximate surface area is 106 Å². The fourth-order valence-corrected chi connectivity index (χ4v) is 2.09. The summed E-state index contributed by atoms with van der Waals surface area (Å²) in [6.45, 7) is 3.76. The highest BCUT2D eigenvalue weighted by molar-refractivity contribution is 7.98. The molecular weight excluding hydrogens is 238 g/mol. The summed E-state index contributed by atoms with van der Waals surface area (Å²) in [7, 11) is 1.41. The summed E-state index contributed by atoms with van der Waals surface area (Å²) < 4.78 is 10.2. The summed E-state index contributed by atoms with van der Waals surface area (Å²) >= 11 is 1.67. The minimum absolute atomic E-state index is 0.162. The molecule has 0 aliphatic rings. The first-order valence-electron chi connectivity index (χ1n) is 5.69. The standard InChI is InChI=1S/C12H19NO3S/c1-3-13-8-10-4-5-11(16-10)9-17-7-6-12(14)15-2/h4-5,13H,3,6-9H2,1-2H3. The van der Waals surface area contributed by atoms with Gasteiger partial charge in [0.2, 0.25) is 0 Å². The van der Waals surface area contributed by atoms with Crippen LogP contribution >= 0.6 is 11.8 Å². The van der Waals surface area contributed by atoms with Crippen LogP contribution in [0, 0.1) is 0 Å². The Balaban J connectivity index is 2.18. The van der Waals surface area contributed by atoms with Gasteiger partial charge in [-0.1, -0.05) is 6.92 Å². The first kappa shape index (κ1) is 14.1. The molecule has 0 saturated heterocycles. The number of methoxy groups -OCH3 is 1. The molecule has 0 radical (unpaired) electrons. The smallest absolute Gasteiger partial charge is 0.306 e. The molecule has 0 aliphatic heterocycles. The molecule has 0 saturated carbocycles. The largest absolute Gasteiger partial charge is 0.469 e. The second-order valence-electron chi connectivity index (χ2n) is 3.53. The first-order chi connectivity index (χ1) is 8.26. The highest BCUT2D eigenvalue weighted by atomic mass is 32.2. The molecule has 96 valence electrons. The van der Waals surface area contributed by atoms with Crippen molar-refractivity contribution < 1.29 is 13.9 Å². The topological polar surface area (TPSA) is 51.5 Å². The molecule has 1 aromatic rings. The fraction of sp³-hybridized carbons (Fsp3) is 0.583. The van der Waals surface area contributed by atoms with Gasteiger partial charge in [-0.3, -0.25) is 4.79 Å². The lowest BCUT2D eigenvalue weighted by atomic mass is 10.4. The van der Waals surface area contributed by atoms with E-state index >= 15 is 0 Å².